The lowest BCUT2D eigenvalue weighted by molar-refractivity contribution is 0.0985. The molecule has 1 saturated heterocycles. The summed E-state index contributed by atoms with van der Waals surface area (Å²) in [6.45, 7) is 8.38. The third-order valence-electron chi connectivity index (χ3n) is 4.93. The lowest BCUT2D eigenvalue weighted by Gasteiger charge is -2.35. The zero-order chi connectivity index (χ0) is 19.0. The number of H-pyrrole nitrogens is 1. The van der Waals surface area contributed by atoms with E-state index in [4.69, 9.17) is 9.72 Å². The fourth-order valence-corrected chi connectivity index (χ4v) is 3.46. The van der Waals surface area contributed by atoms with Crippen LogP contribution in [0.2, 0.25) is 0 Å². The number of anilines is 3. The Balaban J connectivity index is 1.85. The Morgan fingerprint density at radius 2 is 2.19 bits per heavy atom. The Kier molecular flexibility index (Phi) is 4.53. The molecule has 0 saturated carbocycles. The average Bonchev–Trinajstić information content (AvgIpc) is 3.27. The number of rotatable bonds is 4. The second kappa shape index (κ2) is 6.99. The fourth-order valence-electron chi connectivity index (χ4n) is 3.46. The van der Waals surface area contributed by atoms with Gasteiger partial charge in [0.1, 0.15) is 17.5 Å². The highest BCUT2D eigenvalue weighted by Gasteiger charge is 2.24. The molecule has 0 aliphatic carbocycles. The van der Waals surface area contributed by atoms with Gasteiger partial charge in [-0.3, -0.25) is 5.10 Å². The molecule has 0 bridgehead atoms. The quantitative estimate of drug-likeness (QED) is 0.728. The van der Waals surface area contributed by atoms with E-state index in [1.807, 2.05) is 24.7 Å². The van der Waals surface area contributed by atoms with E-state index in [1.165, 1.54) is 0 Å². The van der Waals surface area contributed by atoms with Crippen LogP contribution in [0, 0.1) is 13.8 Å². The minimum absolute atomic E-state index is 0.257. The Labute approximate surface area is 157 Å². The zero-order valence-corrected chi connectivity index (χ0v) is 16.0. The molecule has 0 radical (unpaired) electrons. The first kappa shape index (κ1) is 17.5. The van der Waals surface area contributed by atoms with Crippen molar-refractivity contribution in [2.45, 2.75) is 26.8 Å². The normalized spacial score (nSPS) is 17.3. The van der Waals surface area contributed by atoms with Crippen LogP contribution in [0.15, 0.2) is 18.3 Å². The minimum Gasteiger partial charge on any atom is -0.377 e. The first-order chi connectivity index (χ1) is 13.0. The topological polar surface area (TPSA) is 96.8 Å². The number of aromatic amines is 1. The number of pyridine rings is 1. The number of ether oxygens (including phenoxy) is 1. The van der Waals surface area contributed by atoms with Crippen LogP contribution in [0.4, 0.5) is 17.5 Å². The van der Waals surface area contributed by atoms with E-state index in [1.54, 1.807) is 6.20 Å². The standard InChI is InChI=1S/C18H24N8O/c1-11-10-27-8-7-26(11)16-9-14(17-13(3)22-24-25(17)4)12(2)18(21-16)20-15-5-6-19-23-15/h5-6,9,11H,7-8,10H2,1-4H3,(H2,19,20,21,23). The van der Waals surface area contributed by atoms with Gasteiger partial charge in [0, 0.05) is 30.8 Å². The largest absolute Gasteiger partial charge is 0.377 e. The molecular weight excluding hydrogens is 344 g/mol. The van der Waals surface area contributed by atoms with E-state index in [9.17, 15) is 0 Å². The maximum Gasteiger partial charge on any atom is 0.137 e. The van der Waals surface area contributed by atoms with Crippen molar-refractivity contribution < 1.29 is 4.74 Å². The summed E-state index contributed by atoms with van der Waals surface area (Å²) in [6.07, 6.45) is 1.71. The van der Waals surface area contributed by atoms with Gasteiger partial charge in [0.15, 0.2) is 0 Å². The molecule has 9 heteroatoms. The molecule has 9 nitrogen and oxygen atoms in total. The SMILES string of the molecule is Cc1nnn(C)c1-c1cc(N2CCOCC2C)nc(Nc2ccn[nH]2)c1C. The molecule has 3 aromatic heterocycles. The molecular formula is C18H24N8O. The number of nitrogens with one attached hydrogen (secondary N) is 2. The highest BCUT2D eigenvalue weighted by atomic mass is 16.5. The molecule has 2 N–H and O–H groups in total. The van der Waals surface area contributed by atoms with Crippen molar-refractivity contribution in [3.8, 4) is 11.3 Å². The Morgan fingerprint density at radius 1 is 1.33 bits per heavy atom. The summed E-state index contributed by atoms with van der Waals surface area (Å²) in [5.74, 6) is 2.49. The van der Waals surface area contributed by atoms with Gasteiger partial charge in [-0.05, 0) is 26.8 Å². The summed E-state index contributed by atoms with van der Waals surface area (Å²) in [5.41, 5.74) is 3.97. The number of hydrogen-bond acceptors (Lipinski definition) is 7. The van der Waals surface area contributed by atoms with Crippen LogP contribution in [-0.2, 0) is 11.8 Å². The van der Waals surface area contributed by atoms with Gasteiger partial charge in [0.05, 0.1) is 36.8 Å². The van der Waals surface area contributed by atoms with E-state index in [2.05, 4.69) is 50.6 Å². The third kappa shape index (κ3) is 3.25. The predicted octanol–water partition coefficient (Wildman–Crippen LogP) is 2.19. The van der Waals surface area contributed by atoms with Gasteiger partial charge in [-0.1, -0.05) is 5.21 Å². The van der Waals surface area contributed by atoms with Crippen molar-refractivity contribution >= 4 is 17.5 Å². The second-order valence-corrected chi connectivity index (χ2v) is 6.86. The van der Waals surface area contributed by atoms with Crippen molar-refractivity contribution in [2.24, 2.45) is 7.05 Å². The van der Waals surface area contributed by atoms with Crippen LogP contribution < -0.4 is 10.2 Å². The van der Waals surface area contributed by atoms with Gasteiger partial charge in [-0.2, -0.15) is 5.10 Å². The highest BCUT2D eigenvalue weighted by molar-refractivity contribution is 5.76. The van der Waals surface area contributed by atoms with E-state index in [0.717, 1.165) is 46.5 Å². The summed E-state index contributed by atoms with van der Waals surface area (Å²) in [5, 5.41) is 18.7. The van der Waals surface area contributed by atoms with E-state index in [-0.39, 0.29) is 6.04 Å². The molecule has 4 heterocycles. The van der Waals surface area contributed by atoms with Gasteiger partial charge in [0.2, 0.25) is 0 Å². The maximum absolute atomic E-state index is 5.59. The van der Waals surface area contributed by atoms with Crippen molar-refractivity contribution in [2.75, 3.05) is 30.0 Å². The van der Waals surface area contributed by atoms with Crippen LogP contribution >= 0.6 is 0 Å². The van der Waals surface area contributed by atoms with Crippen molar-refractivity contribution in [1.82, 2.24) is 30.2 Å². The second-order valence-electron chi connectivity index (χ2n) is 6.86. The molecule has 142 valence electrons. The van der Waals surface area contributed by atoms with Crippen molar-refractivity contribution in [1.29, 1.82) is 0 Å². The molecule has 1 unspecified atom stereocenters. The van der Waals surface area contributed by atoms with Gasteiger partial charge >= 0.3 is 0 Å². The third-order valence-corrected chi connectivity index (χ3v) is 4.93. The van der Waals surface area contributed by atoms with Crippen LogP contribution in [0.3, 0.4) is 0 Å². The molecule has 0 aromatic carbocycles. The fraction of sp³-hybridized carbons (Fsp3) is 0.444. The molecule has 3 aromatic rings. The molecule has 1 aliphatic rings. The van der Waals surface area contributed by atoms with Gasteiger partial charge in [0.25, 0.3) is 0 Å². The lowest BCUT2D eigenvalue weighted by Crippen LogP contribution is -2.44. The Morgan fingerprint density at radius 3 is 2.85 bits per heavy atom. The van der Waals surface area contributed by atoms with E-state index in [0.29, 0.717) is 13.2 Å². The summed E-state index contributed by atoms with van der Waals surface area (Å²) in [7, 11) is 1.91. The van der Waals surface area contributed by atoms with Gasteiger partial charge in [-0.25, -0.2) is 9.67 Å². The molecule has 0 spiro atoms. The molecule has 4 rings (SSSR count). The maximum atomic E-state index is 5.59. The molecule has 1 fully saturated rings. The number of hydrogen-bond donors (Lipinski definition) is 2. The summed E-state index contributed by atoms with van der Waals surface area (Å²) >= 11 is 0. The summed E-state index contributed by atoms with van der Waals surface area (Å²) < 4.78 is 7.40. The minimum atomic E-state index is 0.257. The predicted molar refractivity (Wildman–Crippen MR) is 103 cm³/mol. The highest BCUT2D eigenvalue weighted by Crippen LogP contribution is 2.34. The van der Waals surface area contributed by atoms with Crippen molar-refractivity contribution in [3.63, 3.8) is 0 Å². The smallest absolute Gasteiger partial charge is 0.137 e. The van der Waals surface area contributed by atoms with Crippen LogP contribution in [0.5, 0.6) is 0 Å². The average molecular weight is 368 g/mol. The van der Waals surface area contributed by atoms with Crippen molar-refractivity contribution in [3.05, 3.63) is 29.6 Å². The monoisotopic (exact) mass is 368 g/mol. The number of aromatic nitrogens is 6. The van der Waals surface area contributed by atoms with E-state index < -0.39 is 0 Å². The number of aryl methyl sites for hydroxylation is 2. The molecule has 1 atom stereocenters. The van der Waals surface area contributed by atoms with E-state index >= 15 is 0 Å². The van der Waals surface area contributed by atoms with Crippen LogP contribution in [0.25, 0.3) is 11.3 Å². The zero-order valence-electron chi connectivity index (χ0n) is 16.0. The molecule has 1 aliphatic heterocycles. The molecule has 0 amide bonds. The van der Waals surface area contributed by atoms with Gasteiger partial charge < -0.3 is 15.0 Å². The summed E-state index contributed by atoms with van der Waals surface area (Å²) in [6, 6.07) is 4.26. The number of morpholine rings is 1. The Bertz CT molecular complexity index is 914. The first-order valence-electron chi connectivity index (χ1n) is 9.03. The first-order valence-corrected chi connectivity index (χ1v) is 9.03. The van der Waals surface area contributed by atoms with Crippen LogP contribution in [0.1, 0.15) is 18.2 Å². The summed E-state index contributed by atoms with van der Waals surface area (Å²) in [4.78, 5) is 7.19. The van der Waals surface area contributed by atoms with Crippen LogP contribution in [-0.4, -0.2) is 56.0 Å². The molecule has 27 heavy (non-hydrogen) atoms. The Hall–Kier alpha value is -2.94. The number of nitrogens with zero attached hydrogens (tertiary/aromatic N) is 6. The van der Waals surface area contributed by atoms with Gasteiger partial charge in [-0.15, -0.1) is 5.10 Å². The lowest BCUT2D eigenvalue weighted by atomic mass is 10.0.